The molecule has 32 heavy (non-hydrogen) atoms. The van der Waals surface area contributed by atoms with Gasteiger partial charge in [-0.3, -0.25) is 9.59 Å². The van der Waals surface area contributed by atoms with E-state index in [1.165, 1.54) is 0 Å². The Bertz CT molecular complexity index is 835. The van der Waals surface area contributed by atoms with Crippen LogP contribution < -0.4 is 9.64 Å². The van der Waals surface area contributed by atoms with E-state index in [-0.39, 0.29) is 6.42 Å². The van der Waals surface area contributed by atoms with Crippen LogP contribution in [-0.2, 0) is 9.53 Å². The van der Waals surface area contributed by atoms with Gasteiger partial charge in [0.05, 0.1) is 6.61 Å². The van der Waals surface area contributed by atoms with Gasteiger partial charge in [-0.15, -0.1) is 0 Å². The Kier molecular flexibility index (Phi) is 11.3. The number of aldehydes is 1. The lowest BCUT2D eigenvalue weighted by atomic mass is 9.98. The minimum Gasteiger partial charge on any atom is -0.491 e. The zero-order chi connectivity index (χ0) is 23.2. The third-order valence-electron chi connectivity index (χ3n) is 5.16. The maximum atomic E-state index is 12.1. The van der Waals surface area contributed by atoms with Crippen LogP contribution in [0.3, 0.4) is 0 Å². The highest BCUT2D eigenvalue weighted by molar-refractivity contribution is 5.94. The fraction of sp³-hybridized carbons (Fsp3) is 0.462. The predicted molar refractivity (Wildman–Crippen MR) is 128 cm³/mol. The van der Waals surface area contributed by atoms with Gasteiger partial charge in [0.25, 0.3) is 0 Å². The number of hydrogen-bond donors (Lipinski definition) is 1. The summed E-state index contributed by atoms with van der Waals surface area (Å²) in [6.45, 7) is 7.38. The topological polar surface area (TPSA) is 76.1 Å². The van der Waals surface area contributed by atoms with Crippen molar-refractivity contribution < 1.29 is 24.2 Å². The van der Waals surface area contributed by atoms with Gasteiger partial charge in [0.2, 0.25) is 0 Å². The summed E-state index contributed by atoms with van der Waals surface area (Å²) in [5.41, 5.74) is 3.25. The molecule has 0 heterocycles. The van der Waals surface area contributed by atoms with Crippen LogP contribution >= 0.6 is 0 Å². The van der Waals surface area contributed by atoms with Crippen molar-refractivity contribution in [3.05, 3.63) is 48.0 Å². The summed E-state index contributed by atoms with van der Waals surface area (Å²) >= 11 is 0. The largest absolute Gasteiger partial charge is 0.491 e. The first-order valence-electron chi connectivity index (χ1n) is 11.5. The number of carbonyl (C=O) groups is 2. The van der Waals surface area contributed by atoms with Gasteiger partial charge < -0.3 is 19.5 Å². The van der Waals surface area contributed by atoms with E-state index in [9.17, 15) is 9.59 Å². The zero-order valence-electron chi connectivity index (χ0n) is 19.2. The fourth-order valence-corrected chi connectivity index (χ4v) is 3.55. The number of anilines is 1. The van der Waals surface area contributed by atoms with Gasteiger partial charge in [0.15, 0.2) is 6.29 Å². The summed E-state index contributed by atoms with van der Waals surface area (Å²) in [6.07, 6.45) is 4.62. The molecule has 2 aromatic rings. The molecule has 0 aliphatic rings. The number of ether oxygens (including phenoxy) is 2. The van der Waals surface area contributed by atoms with Crippen LogP contribution in [-0.4, -0.2) is 50.3 Å². The summed E-state index contributed by atoms with van der Waals surface area (Å²) in [5, 5.41) is 8.95. The molecule has 0 fully saturated rings. The van der Waals surface area contributed by atoms with Gasteiger partial charge in [-0.1, -0.05) is 44.5 Å². The molecule has 2 rings (SSSR count). The number of rotatable bonds is 16. The zero-order valence-corrected chi connectivity index (χ0v) is 19.2. The van der Waals surface area contributed by atoms with Gasteiger partial charge in [0.1, 0.15) is 12.4 Å². The molecule has 2 aromatic carbocycles. The lowest BCUT2D eigenvalue weighted by Gasteiger charge is -2.26. The molecule has 0 saturated heterocycles. The molecular formula is C26H35NO5. The van der Waals surface area contributed by atoms with Crippen molar-refractivity contribution in [1.82, 2.24) is 0 Å². The van der Waals surface area contributed by atoms with Gasteiger partial charge in [-0.2, -0.15) is 0 Å². The summed E-state index contributed by atoms with van der Waals surface area (Å²) in [6, 6.07) is 13.5. The number of aliphatic carboxylic acids is 1. The SMILES string of the molecule is CCCCOCCOc1ccc(-c2cccc(N(CCC)CCCC(=O)O)c2C=O)cc1. The molecule has 0 aliphatic heterocycles. The van der Waals surface area contributed by atoms with Crippen LogP contribution in [0.5, 0.6) is 5.75 Å². The van der Waals surface area contributed by atoms with E-state index in [1.807, 2.05) is 42.5 Å². The van der Waals surface area contributed by atoms with Crippen LogP contribution in [0.4, 0.5) is 5.69 Å². The lowest BCUT2D eigenvalue weighted by molar-refractivity contribution is -0.137. The minimum absolute atomic E-state index is 0.113. The van der Waals surface area contributed by atoms with Crippen LogP contribution in [0.2, 0.25) is 0 Å². The highest BCUT2D eigenvalue weighted by atomic mass is 16.5. The van der Waals surface area contributed by atoms with Crippen molar-refractivity contribution in [1.29, 1.82) is 0 Å². The fourth-order valence-electron chi connectivity index (χ4n) is 3.55. The second kappa shape index (κ2) is 14.2. The molecule has 0 unspecified atom stereocenters. The monoisotopic (exact) mass is 441 g/mol. The molecule has 0 bridgehead atoms. The van der Waals surface area contributed by atoms with Crippen molar-refractivity contribution >= 4 is 17.9 Å². The Balaban J connectivity index is 2.12. The van der Waals surface area contributed by atoms with E-state index in [1.54, 1.807) is 0 Å². The number of carboxylic acid groups (broad SMARTS) is 1. The van der Waals surface area contributed by atoms with E-state index >= 15 is 0 Å². The van der Waals surface area contributed by atoms with Gasteiger partial charge >= 0.3 is 5.97 Å². The normalized spacial score (nSPS) is 10.7. The van der Waals surface area contributed by atoms with Crippen molar-refractivity contribution in [3.8, 4) is 16.9 Å². The first kappa shape index (κ1) is 25.4. The van der Waals surface area contributed by atoms with E-state index in [0.29, 0.717) is 31.7 Å². The van der Waals surface area contributed by atoms with E-state index in [0.717, 1.165) is 61.3 Å². The Morgan fingerprint density at radius 2 is 1.75 bits per heavy atom. The van der Waals surface area contributed by atoms with E-state index in [2.05, 4.69) is 18.7 Å². The Hall–Kier alpha value is -2.86. The van der Waals surface area contributed by atoms with Crippen molar-refractivity contribution in [2.24, 2.45) is 0 Å². The standard InChI is InChI=1S/C26H35NO5/c1-3-5-17-31-18-19-32-22-13-11-21(12-14-22)23-8-6-9-25(24(23)20-28)27(15-4-2)16-7-10-26(29)30/h6,8-9,11-14,20H,3-5,7,10,15-19H2,1-2H3,(H,29,30). The van der Waals surface area contributed by atoms with Crippen molar-refractivity contribution in [3.63, 3.8) is 0 Å². The second-order valence-corrected chi connectivity index (χ2v) is 7.68. The number of unbranched alkanes of at least 4 members (excludes halogenated alkanes) is 1. The maximum Gasteiger partial charge on any atom is 0.303 e. The third kappa shape index (κ3) is 8.00. The minimum atomic E-state index is -0.805. The van der Waals surface area contributed by atoms with Crippen LogP contribution in [0.1, 0.15) is 56.3 Å². The average Bonchev–Trinajstić information content (AvgIpc) is 2.80. The number of carboxylic acids is 1. The van der Waals surface area contributed by atoms with Crippen molar-refractivity contribution in [2.75, 3.05) is 37.8 Å². The van der Waals surface area contributed by atoms with Gasteiger partial charge in [-0.25, -0.2) is 0 Å². The predicted octanol–water partition coefficient (Wildman–Crippen LogP) is 5.44. The van der Waals surface area contributed by atoms with Gasteiger partial charge in [0, 0.05) is 37.4 Å². The summed E-state index contributed by atoms with van der Waals surface area (Å²) < 4.78 is 11.3. The van der Waals surface area contributed by atoms with Gasteiger partial charge in [-0.05, 0) is 48.6 Å². The maximum absolute atomic E-state index is 12.1. The average molecular weight is 442 g/mol. The highest BCUT2D eigenvalue weighted by Gasteiger charge is 2.15. The van der Waals surface area contributed by atoms with Crippen LogP contribution in [0.15, 0.2) is 42.5 Å². The quantitative estimate of drug-likeness (QED) is 0.276. The molecule has 1 N–H and O–H groups in total. The number of hydrogen-bond acceptors (Lipinski definition) is 5. The molecule has 0 radical (unpaired) electrons. The molecule has 0 saturated carbocycles. The molecule has 0 spiro atoms. The first-order chi connectivity index (χ1) is 15.6. The third-order valence-corrected chi connectivity index (χ3v) is 5.16. The molecule has 6 heteroatoms. The summed E-state index contributed by atoms with van der Waals surface area (Å²) in [5.74, 6) is -0.0430. The first-order valence-corrected chi connectivity index (χ1v) is 11.5. The van der Waals surface area contributed by atoms with E-state index < -0.39 is 5.97 Å². The number of benzene rings is 2. The summed E-state index contributed by atoms with van der Waals surface area (Å²) in [7, 11) is 0. The molecule has 0 amide bonds. The number of nitrogens with zero attached hydrogens (tertiary/aromatic N) is 1. The Morgan fingerprint density at radius 3 is 2.41 bits per heavy atom. The Labute approximate surface area is 191 Å². The number of carbonyl (C=O) groups excluding carboxylic acids is 1. The molecular weight excluding hydrogens is 406 g/mol. The molecule has 0 atom stereocenters. The lowest BCUT2D eigenvalue weighted by Crippen LogP contribution is -2.27. The van der Waals surface area contributed by atoms with Crippen LogP contribution in [0.25, 0.3) is 11.1 Å². The molecule has 6 nitrogen and oxygen atoms in total. The van der Waals surface area contributed by atoms with Crippen LogP contribution in [0, 0.1) is 0 Å². The molecule has 0 aliphatic carbocycles. The second-order valence-electron chi connectivity index (χ2n) is 7.68. The van der Waals surface area contributed by atoms with E-state index in [4.69, 9.17) is 14.6 Å². The Morgan fingerprint density at radius 1 is 0.969 bits per heavy atom. The van der Waals surface area contributed by atoms with Crippen molar-refractivity contribution in [2.45, 2.75) is 46.0 Å². The summed E-state index contributed by atoms with van der Waals surface area (Å²) in [4.78, 5) is 25.1. The molecule has 174 valence electrons. The highest BCUT2D eigenvalue weighted by Crippen LogP contribution is 2.31. The molecule has 0 aromatic heterocycles. The smallest absolute Gasteiger partial charge is 0.303 e.